The van der Waals surface area contributed by atoms with Crippen molar-refractivity contribution in [3.63, 3.8) is 0 Å². The molecule has 0 saturated heterocycles. The molecule has 5 aliphatic carbocycles. The van der Waals surface area contributed by atoms with E-state index in [1.54, 1.807) is 0 Å². The van der Waals surface area contributed by atoms with Gasteiger partial charge in [-0.3, -0.25) is 0 Å². The third-order valence-corrected chi connectivity index (χ3v) is 11.5. The van der Waals surface area contributed by atoms with Gasteiger partial charge in [-0.25, -0.2) is 0 Å². The van der Waals surface area contributed by atoms with Gasteiger partial charge in [0.1, 0.15) is 0 Å². The van der Waals surface area contributed by atoms with Crippen molar-refractivity contribution < 1.29 is 10.2 Å². The minimum atomic E-state index is -0.0514. The molecule has 166 valence electrons. The lowest BCUT2D eigenvalue weighted by Gasteiger charge is -2.61. The molecule has 5 saturated carbocycles. The first-order valence-corrected chi connectivity index (χ1v) is 13.3. The highest BCUT2D eigenvalue weighted by molar-refractivity contribution is 5.09. The van der Waals surface area contributed by atoms with E-state index >= 15 is 0 Å². The topological polar surface area (TPSA) is 40.5 Å². The number of hydrogen-bond donors (Lipinski definition) is 2. The lowest BCUT2D eigenvalue weighted by atomic mass is 9.44. The summed E-state index contributed by atoms with van der Waals surface area (Å²) in [6, 6.07) is 0. The normalized spacial score (nSPS) is 51.3. The van der Waals surface area contributed by atoms with E-state index in [-0.39, 0.29) is 12.2 Å². The Labute approximate surface area is 179 Å². The molecule has 2 nitrogen and oxygen atoms in total. The van der Waals surface area contributed by atoms with Crippen molar-refractivity contribution in [3.05, 3.63) is 0 Å². The minimum absolute atomic E-state index is 0.0318. The molecule has 2 N–H and O–H groups in total. The van der Waals surface area contributed by atoms with Crippen molar-refractivity contribution in [1.82, 2.24) is 0 Å². The fourth-order valence-corrected chi connectivity index (χ4v) is 9.79. The zero-order valence-corrected chi connectivity index (χ0v) is 19.1. The summed E-state index contributed by atoms with van der Waals surface area (Å²) in [7, 11) is 0. The van der Waals surface area contributed by atoms with Crippen molar-refractivity contribution >= 4 is 0 Å². The molecule has 0 aromatic rings. The average molecular weight is 403 g/mol. The summed E-state index contributed by atoms with van der Waals surface area (Å²) in [6.45, 7) is 5.22. The van der Waals surface area contributed by atoms with E-state index in [2.05, 4.69) is 13.8 Å². The maximum atomic E-state index is 10.9. The standard InChI is InChI=1S/C27H46O2/c1-26-13-11-21(28)16-19(26)7-9-23-24-10-8-20(27(24,2)14-12-25(23)26)17-22(29)15-18-5-3-4-6-18/h18-25,28-29H,3-17H2,1-2H3/t19?,20-,21?,22?,23?,24?,25?,26?,27-/m1/s1. The predicted octanol–water partition coefficient (Wildman–Crippen LogP) is 6.34. The highest BCUT2D eigenvalue weighted by Gasteiger charge is 2.60. The fraction of sp³-hybridized carbons (Fsp3) is 1.00. The third-order valence-electron chi connectivity index (χ3n) is 11.5. The smallest absolute Gasteiger partial charge is 0.0545 e. The van der Waals surface area contributed by atoms with Crippen LogP contribution in [0.1, 0.15) is 110 Å². The largest absolute Gasteiger partial charge is 0.393 e. The van der Waals surface area contributed by atoms with Gasteiger partial charge in [0, 0.05) is 0 Å². The van der Waals surface area contributed by atoms with Crippen molar-refractivity contribution in [2.45, 2.75) is 122 Å². The molecular formula is C27H46O2. The molecule has 0 spiro atoms. The molecule has 2 heteroatoms. The highest BCUT2D eigenvalue weighted by Crippen LogP contribution is 2.67. The second-order valence-electron chi connectivity index (χ2n) is 12.7. The van der Waals surface area contributed by atoms with Gasteiger partial charge in [0.2, 0.25) is 0 Å². The quantitative estimate of drug-likeness (QED) is 0.576. The van der Waals surface area contributed by atoms with Crippen LogP contribution in [-0.4, -0.2) is 22.4 Å². The van der Waals surface area contributed by atoms with Gasteiger partial charge in [-0.05, 0) is 117 Å². The molecule has 0 aromatic carbocycles. The Kier molecular flexibility index (Phi) is 5.60. The number of aliphatic hydroxyl groups excluding tert-OH is 2. The second-order valence-corrected chi connectivity index (χ2v) is 12.7. The van der Waals surface area contributed by atoms with E-state index in [1.165, 1.54) is 70.6 Å². The third kappa shape index (κ3) is 3.53. The van der Waals surface area contributed by atoms with Crippen LogP contribution in [0.2, 0.25) is 0 Å². The van der Waals surface area contributed by atoms with Crippen LogP contribution in [0.4, 0.5) is 0 Å². The molecule has 7 unspecified atom stereocenters. The molecule has 0 aromatic heterocycles. The van der Waals surface area contributed by atoms with Gasteiger partial charge in [-0.15, -0.1) is 0 Å². The lowest BCUT2D eigenvalue weighted by Crippen LogP contribution is -2.54. The Morgan fingerprint density at radius 3 is 2.31 bits per heavy atom. The van der Waals surface area contributed by atoms with E-state index in [0.29, 0.717) is 10.8 Å². The van der Waals surface area contributed by atoms with Crippen LogP contribution in [0.15, 0.2) is 0 Å². The Bertz CT molecular complexity index is 583. The molecule has 5 rings (SSSR count). The van der Waals surface area contributed by atoms with E-state index in [4.69, 9.17) is 0 Å². The maximum Gasteiger partial charge on any atom is 0.0545 e. The zero-order valence-electron chi connectivity index (χ0n) is 19.1. The van der Waals surface area contributed by atoms with Gasteiger partial charge in [-0.1, -0.05) is 39.5 Å². The van der Waals surface area contributed by atoms with Gasteiger partial charge < -0.3 is 10.2 Å². The first kappa shape index (κ1) is 20.8. The molecule has 9 atom stereocenters. The Hall–Kier alpha value is -0.0800. The lowest BCUT2D eigenvalue weighted by molar-refractivity contribution is -0.128. The molecule has 0 bridgehead atoms. The van der Waals surface area contributed by atoms with Crippen molar-refractivity contribution in [2.75, 3.05) is 0 Å². The summed E-state index contributed by atoms with van der Waals surface area (Å²) in [5.41, 5.74) is 0.971. The van der Waals surface area contributed by atoms with Gasteiger partial charge in [-0.2, -0.15) is 0 Å². The van der Waals surface area contributed by atoms with Crippen LogP contribution in [0.25, 0.3) is 0 Å². The minimum Gasteiger partial charge on any atom is -0.393 e. The van der Waals surface area contributed by atoms with Crippen LogP contribution in [0.3, 0.4) is 0 Å². The van der Waals surface area contributed by atoms with Crippen LogP contribution >= 0.6 is 0 Å². The number of aliphatic hydroxyl groups is 2. The monoisotopic (exact) mass is 402 g/mol. The van der Waals surface area contributed by atoms with Gasteiger partial charge >= 0.3 is 0 Å². The summed E-state index contributed by atoms with van der Waals surface area (Å²) in [6.07, 6.45) is 19.3. The molecule has 5 fully saturated rings. The average Bonchev–Trinajstić information content (AvgIpc) is 3.30. The van der Waals surface area contributed by atoms with Gasteiger partial charge in [0.25, 0.3) is 0 Å². The van der Waals surface area contributed by atoms with E-state index in [1.807, 2.05) is 0 Å². The molecule has 5 aliphatic rings. The van der Waals surface area contributed by atoms with Crippen LogP contribution < -0.4 is 0 Å². The Morgan fingerprint density at radius 2 is 1.52 bits per heavy atom. The summed E-state index contributed by atoms with van der Waals surface area (Å²) < 4.78 is 0. The van der Waals surface area contributed by atoms with Gasteiger partial charge in [0.05, 0.1) is 12.2 Å². The van der Waals surface area contributed by atoms with Gasteiger partial charge in [0.15, 0.2) is 0 Å². The molecule has 0 radical (unpaired) electrons. The number of rotatable bonds is 4. The van der Waals surface area contributed by atoms with Crippen LogP contribution in [-0.2, 0) is 0 Å². The molecular weight excluding hydrogens is 356 g/mol. The maximum absolute atomic E-state index is 10.9. The van der Waals surface area contributed by atoms with Crippen molar-refractivity contribution in [3.8, 4) is 0 Å². The zero-order chi connectivity index (χ0) is 20.2. The summed E-state index contributed by atoms with van der Waals surface area (Å²) in [5, 5.41) is 21.2. The SMILES string of the molecule is CC12CCC(O)CC1CCC1C2CC[C@@]2(C)C1CC[C@@H]2CC(O)CC1CCCC1. The number of fused-ring (bicyclic) bond motifs is 5. The summed E-state index contributed by atoms with van der Waals surface area (Å²) in [4.78, 5) is 0. The first-order chi connectivity index (χ1) is 13.9. The Morgan fingerprint density at radius 1 is 0.793 bits per heavy atom. The molecule has 0 amide bonds. The second kappa shape index (κ2) is 7.80. The van der Waals surface area contributed by atoms with Crippen LogP contribution in [0.5, 0.6) is 0 Å². The summed E-state index contributed by atoms with van der Waals surface area (Å²) >= 11 is 0. The van der Waals surface area contributed by atoms with E-state index < -0.39 is 0 Å². The van der Waals surface area contributed by atoms with Crippen molar-refractivity contribution in [1.29, 1.82) is 0 Å². The first-order valence-electron chi connectivity index (χ1n) is 13.3. The summed E-state index contributed by atoms with van der Waals surface area (Å²) in [5.74, 6) is 5.04. The fourth-order valence-electron chi connectivity index (χ4n) is 9.79. The van der Waals surface area contributed by atoms with E-state index in [0.717, 1.165) is 61.2 Å². The predicted molar refractivity (Wildman–Crippen MR) is 118 cm³/mol. The van der Waals surface area contributed by atoms with Crippen LogP contribution in [0, 0.1) is 46.3 Å². The molecule has 0 heterocycles. The number of hydrogen-bond acceptors (Lipinski definition) is 2. The van der Waals surface area contributed by atoms with Crippen molar-refractivity contribution in [2.24, 2.45) is 46.3 Å². The molecule has 29 heavy (non-hydrogen) atoms. The molecule has 0 aliphatic heterocycles. The Balaban J connectivity index is 1.27. The highest BCUT2D eigenvalue weighted by atomic mass is 16.3. The van der Waals surface area contributed by atoms with E-state index in [9.17, 15) is 10.2 Å².